The van der Waals surface area contributed by atoms with Crippen molar-refractivity contribution in [3.63, 3.8) is 0 Å². The lowest BCUT2D eigenvalue weighted by molar-refractivity contribution is -0.160. The Balaban J connectivity index is 1.49. The molecule has 2 unspecified atom stereocenters. The Kier molecular flexibility index (Phi) is 4.25. The van der Waals surface area contributed by atoms with E-state index in [1.54, 1.807) is 0 Å². The zero-order valence-electron chi connectivity index (χ0n) is 20.4. The molecule has 7 atom stereocenters. The smallest absolute Gasteiger partial charge is 0.138 e. The number of fused-ring (bicyclic) bond motifs is 2. The number of carbonyl (C=O) groups excluding carboxylic acids is 2. The first kappa shape index (κ1) is 21.2. The highest BCUT2D eigenvalue weighted by atomic mass is 16.1. The van der Waals surface area contributed by atoms with Crippen molar-refractivity contribution in [3.8, 4) is 0 Å². The van der Waals surface area contributed by atoms with Gasteiger partial charge in [0.2, 0.25) is 0 Å². The van der Waals surface area contributed by atoms with E-state index in [0.29, 0.717) is 39.8 Å². The number of hydrogen-bond acceptors (Lipinski definition) is 2. The molecule has 5 aliphatic rings. The third-order valence-corrected chi connectivity index (χ3v) is 12.7. The Morgan fingerprint density at radius 1 is 0.900 bits per heavy atom. The molecule has 5 saturated carbocycles. The van der Waals surface area contributed by atoms with Crippen molar-refractivity contribution in [1.82, 2.24) is 0 Å². The molecule has 0 saturated heterocycles. The van der Waals surface area contributed by atoms with Gasteiger partial charge in [0.25, 0.3) is 0 Å². The summed E-state index contributed by atoms with van der Waals surface area (Å²) in [4.78, 5) is 23.9. The highest BCUT2D eigenvalue weighted by Gasteiger charge is 2.82. The predicted octanol–water partition coefficient (Wildman–Crippen LogP) is 7.00. The van der Waals surface area contributed by atoms with Gasteiger partial charge in [0.15, 0.2) is 0 Å². The Hall–Kier alpha value is -0.660. The Morgan fingerprint density at radius 3 is 2.27 bits per heavy atom. The van der Waals surface area contributed by atoms with Crippen LogP contribution in [0.25, 0.3) is 0 Å². The first-order chi connectivity index (χ1) is 13.9. The van der Waals surface area contributed by atoms with Crippen molar-refractivity contribution in [3.05, 3.63) is 0 Å². The average molecular weight is 413 g/mol. The summed E-state index contributed by atoms with van der Waals surface area (Å²) in [5.41, 5.74) is 1.96. The standard InChI is InChI=1S/C28H44O2/c1-23(2,12-7-17-29)19-10-13-25(5)21-9-8-20-24(3,4)22(30)11-14-27(20)18-28(21,27)16-15-26(19,25)6/h17,19-21H,7-16,18H2,1-6H3/t19-,20?,21?,25+,26-,27-,28+/m1/s1. The molecule has 5 aliphatic carbocycles. The van der Waals surface area contributed by atoms with Gasteiger partial charge in [0.1, 0.15) is 12.1 Å². The molecule has 0 amide bonds. The highest BCUT2D eigenvalue weighted by Crippen LogP contribution is 2.89. The minimum atomic E-state index is -0.108. The molecule has 0 aliphatic heterocycles. The number of aldehydes is 1. The Labute approximate surface area is 184 Å². The molecule has 0 N–H and O–H groups in total. The van der Waals surface area contributed by atoms with Crippen LogP contribution in [0.2, 0.25) is 0 Å². The second kappa shape index (κ2) is 6.02. The zero-order valence-corrected chi connectivity index (χ0v) is 20.4. The van der Waals surface area contributed by atoms with E-state index in [0.717, 1.165) is 31.0 Å². The predicted molar refractivity (Wildman–Crippen MR) is 121 cm³/mol. The average Bonchev–Trinajstić information content (AvgIpc) is 3.26. The van der Waals surface area contributed by atoms with E-state index in [1.165, 1.54) is 51.4 Å². The van der Waals surface area contributed by atoms with Crippen LogP contribution in [0.15, 0.2) is 0 Å². The van der Waals surface area contributed by atoms with Crippen molar-refractivity contribution >= 4 is 12.1 Å². The molecule has 2 heteroatoms. The Morgan fingerprint density at radius 2 is 1.57 bits per heavy atom. The first-order valence-corrected chi connectivity index (χ1v) is 12.9. The molecule has 0 aromatic carbocycles. The second-order valence-electron chi connectivity index (χ2n) is 13.9. The second-order valence-corrected chi connectivity index (χ2v) is 13.9. The van der Waals surface area contributed by atoms with Crippen LogP contribution in [0.4, 0.5) is 0 Å². The minimum Gasteiger partial charge on any atom is -0.303 e. The van der Waals surface area contributed by atoms with E-state index in [4.69, 9.17) is 0 Å². The summed E-state index contributed by atoms with van der Waals surface area (Å²) in [5, 5.41) is 0. The number of rotatable bonds is 4. The molecule has 30 heavy (non-hydrogen) atoms. The molecular formula is C28H44O2. The number of carbonyl (C=O) groups is 2. The van der Waals surface area contributed by atoms with Gasteiger partial charge in [0, 0.05) is 18.3 Å². The van der Waals surface area contributed by atoms with E-state index >= 15 is 0 Å². The van der Waals surface area contributed by atoms with Crippen LogP contribution < -0.4 is 0 Å². The third-order valence-electron chi connectivity index (χ3n) is 12.7. The molecule has 0 radical (unpaired) electrons. The SMILES string of the molecule is CC1(C)C(=O)CC[C@]23C[C@]24CC[C@]2(C)[C@@H](C(C)(C)CCC=O)CC[C@@]2(C)C4CCC13. The van der Waals surface area contributed by atoms with Crippen LogP contribution in [0.3, 0.4) is 0 Å². The summed E-state index contributed by atoms with van der Waals surface area (Å²) in [6.07, 6.45) is 14.4. The van der Waals surface area contributed by atoms with Crippen molar-refractivity contribution < 1.29 is 9.59 Å². The maximum atomic E-state index is 12.8. The van der Waals surface area contributed by atoms with E-state index in [9.17, 15) is 9.59 Å². The van der Waals surface area contributed by atoms with Gasteiger partial charge in [-0.2, -0.15) is 0 Å². The van der Waals surface area contributed by atoms with Crippen molar-refractivity contribution in [2.24, 2.45) is 50.2 Å². The molecule has 168 valence electrons. The highest BCUT2D eigenvalue weighted by molar-refractivity contribution is 5.86. The fraction of sp³-hybridized carbons (Fsp3) is 0.929. The quantitative estimate of drug-likeness (QED) is 0.466. The van der Waals surface area contributed by atoms with E-state index in [-0.39, 0.29) is 10.8 Å². The fourth-order valence-electron chi connectivity index (χ4n) is 11.0. The van der Waals surface area contributed by atoms with Crippen LogP contribution >= 0.6 is 0 Å². The third kappa shape index (κ3) is 2.22. The fourth-order valence-corrected chi connectivity index (χ4v) is 11.0. The normalized spacial score (nSPS) is 51.4. The van der Waals surface area contributed by atoms with Gasteiger partial charge in [-0.15, -0.1) is 0 Å². The lowest BCUT2D eigenvalue weighted by atomic mass is 9.41. The summed E-state index contributed by atoms with van der Waals surface area (Å²) >= 11 is 0. The molecule has 0 aromatic heterocycles. The van der Waals surface area contributed by atoms with Crippen LogP contribution in [-0.4, -0.2) is 12.1 Å². The van der Waals surface area contributed by atoms with E-state index in [1.807, 2.05) is 0 Å². The van der Waals surface area contributed by atoms with Gasteiger partial charge in [0.05, 0.1) is 0 Å². The van der Waals surface area contributed by atoms with Crippen LogP contribution in [0.5, 0.6) is 0 Å². The van der Waals surface area contributed by atoms with Crippen LogP contribution in [-0.2, 0) is 9.59 Å². The molecule has 5 fully saturated rings. The lowest BCUT2D eigenvalue weighted by Crippen LogP contribution is -2.57. The van der Waals surface area contributed by atoms with Gasteiger partial charge >= 0.3 is 0 Å². The maximum Gasteiger partial charge on any atom is 0.138 e. The summed E-state index contributed by atoms with van der Waals surface area (Å²) in [5.74, 6) is 2.72. The van der Waals surface area contributed by atoms with Crippen molar-refractivity contribution in [2.45, 2.75) is 112 Å². The zero-order chi connectivity index (χ0) is 21.8. The molecular weight excluding hydrogens is 368 g/mol. The number of ketones is 1. The number of Topliss-reactive ketones (excluding diaryl/α,β-unsaturated/α-hetero) is 1. The van der Waals surface area contributed by atoms with Crippen LogP contribution in [0.1, 0.15) is 112 Å². The monoisotopic (exact) mass is 412 g/mol. The molecule has 0 aromatic rings. The topological polar surface area (TPSA) is 34.1 Å². The van der Waals surface area contributed by atoms with Gasteiger partial charge in [-0.1, -0.05) is 41.5 Å². The molecule has 0 heterocycles. The summed E-state index contributed by atoms with van der Waals surface area (Å²) in [6.45, 7) is 14.7. The summed E-state index contributed by atoms with van der Waals surface area (Å²) in [7, 11) is 0. The molecule has 0 bridgehead atoms. The van der Waals surface area contributed by atoms with Gasteiger partial charge in [-0.3, -0.25) is 4.79 Å². The molecule has 2 nitrogen and oxygen atoms in total. The lowest BCUT2D eigenvalue weighted by Gasteiger charge is -2.63. The largest absolute Gasteiger partial charge is 0.303 e. The van der Waals surface area contributed by atoms with Crippen molar-refractivity contribution in [1.29, 1.82) is 0 Å². The molecule has 2 spiro atoms. The maximum absolute atomic E-state index is 12.8. The van der Waals surface area contributed by atoms with E-state index < -0.39 is 0 Å². The summed E-state index contributed by atoms with van der Waals surface area (Å²) < 4.78 is 0. The molecule has 5 rings (SSSR count). The number of hydrogen-bond donors (Lipinski definition) is 0. The minimum absolute atomic E-state index is 0.108. The van der Waals surface area contributed by atoms with Crippen LogP contribution in [0, 0.1) is 50.2 Å². The summed E-state index contributed by atoms with van der Waals surface area (Å²) in [6, 6.07) is 0. The van der Waals surface area contributed by atoms with Gasteiger partial charge in [-0.25, -0.2) is 0 Å². The van der Waals surface area contributed by atoms with Gasteiger partial charge in [-0.05, 0) is 103 Å². The van der Waals surface area contributed by atoms with E-state index in [2.05, 4.69) is 41.5 Å². The first-order valence-electron chi connectivity index (χ1n) is 12.9. The Bertz CT molecular complexity index is 780. The van der Waals surface area contributed by atoms with Crippen molar-refractivity contribution in [2.75, 3.05) is 0 Å². The van der Waals surface area contributed by atoms with Gasteiger partial charge < -0.3 is 4.79 Å².